The van der Waals surface area contributed by atoms with E-state index in [2.05, 4.69) is 4.89 Å². The van der Waals surface area contributed by atoms with Crippen LogP contribution in [0, 0.1) is 0 Å². The Morgan fingerprint density at radius 3 is 2.47 bits per heavy atom. The molecule has 1 spiro atoms. The zero-order valence-corrected chi connectivity index (χ0v) is 25.1. The highest BCUT2D eigenvalue weighted by molar-refractivity contribution is 7.94. The standard InChI is InChI=1S/C25H40NO10PS/c1-9-24(4)22(19-10-12-21(13-11-19)38-36-29-8)23(33-18(2)3)25(35-24)30-16-20(34-25)17-32-37(27,28)31-15-14-26(5,6)7/h10-13,18,20H,9,14-17H2,1-8H3/p+1/t20-,24-,25?/m0/s1. The molecule has 1 N–H and O–H groups in total. The van der Waals surface area contributed by atoms with Crippen LogP contribution in [-0.4, -0.2) is 87.8 Å². The molecule has 3 rings (SSSR count). The maximum atomic E-state index is 12.4. The van der Waals surface area contributed by atoms with Gasteiger partial charge >= 0.3 is 13.8 Å². The molecule has 11 nitrogen and oxygen atoms in total. The summed E-state index contributed by atoms with van der Waals surface area (Å²) in [7, 11) is 3.06. The van der Waals surface area contributed by atoms with Gasteiger partial charge in [-0.3, -0.25) is 9.05 Å². The first-order valence-electron chi connectivity index (χ1n) is 12.6. The minimum absolute atomic E-state index is 0.0703. The largest absolute Gasteiger partial charge is 0.487 e. The average Bonchev–Trinajstić information content (AvgIpc) is 3.34. The normalized spacial score (nSPS) is 27.5. The van der Waals surface area contributed by atoms with Crippen molar-refractivity contribution in [2.24, 2.45) is 0 Å². The molecule has 2 aliphatic rings. The molecule has 0 saturated carbocycles. The topological polar surface area (TPSA) is 111 Å². The molecular weight excluding hydrogens is 537 g/mol. The third-order valence-electron chi connectivity index (χ3n) is 5.98. The van der Waals surface area contributed by atoms with E-state index in [0.717, 1.165) is 28.1 Å². The highest BCUT2D eigenvalue weighted by Gasteiger charge is 2.61. The number of ether oxygens (including phenoxy) is 4. The lowest BCUT2D eigenvalue weighted by atomic mass is 9.88. The van der Waals surface area contributed by atoms with Crippen molar-refractivity contribution < 1.29 is 51.2 Å². The molecular formula is C25H41NO10PS+. The van der Waals surface area contributed by atoms with Crippen molar-refractivity contribution in [3.63, 3.8) is 0 Å². The van der Waals surface area contributed by atoms with Gasteiger partial charge in [0.2, 0.25) is 0 Å². The minimum atomic E-state index is -4.27. The summed E-state index contributed by atoms with van der Waals surface area (Å²) in [6, 6.07) is 7.71. The second kappa shape index (κ2) is 12.7. The third kappa shape index (κ3) is 8.02. The molecule has 1 saturated heterocycles. The van der Waals surface area contributed by atoms with Crippen molar-refractivity contribution >= 4 is 25.4 Å². The van der Waals surface area contributed by atoms with Crippen LogP contribution in [-0.2, 0) is 41.8 Å². The second-order valence-electron chi connectivity index (χ2n) is 10.6. The lowest BCUT2D eigenvalue weighted by molar-refractivity contribution is -0.870. The summed E-state index contributed by atoms with van der Waals surface area (Å²) in [4.78, 5) is 15.6. The van der Waals surface area contributed by atoms with E-state index < -0.39 is 25.5 Å². The summed E-state index contributed by atoms with van der Waals surface area (Å²) in [6.07, 6.45) is -0.272. The van der Waals surface area contributed by atoms with Gasteiger partial charge in [-0.25, -0.2) is 9.45 Å². The Hall–Kier alpha value is -1.02. The van der Waals surface area contributed by atoms with Crippen LogP contribution in [0.3, 0.4) is 0 Å². The Labute approximate surface area is 229 Å². The highest BCUT2D eigenvalue weighted by Crippen LogP contribution is 2.53. The predicted octanol–water partition coefficient (Wildman–Crippen LogP) is 4.52. The van der Waals surface area contributed by atoms with Crippen LogP contribution in [0.4, 0.5) is 0 Å². The molecule has 0 aromatic heterocycles. The van der Waals surface area contributed by atoms with Crippen LogP contribution >= 0.6 is 19.9 Å². The van der Waals surface area contributed by atoms with Gasteiger partial charge in [-0.1, -0.05) is 19.1 Å². The Morgan fingerprint density at radius 1 is 1.21 bits per heavy atom. The molecule has 216 valence electrons. The summed E-state index contributed by atoms with van der Waals surface area (Å²) in [5, 5.41) is 0. The summed E-state index contributed by atoms with van der Waals surface area (Å²) in [5.74, 6) is -1.20. The summed E-state index contributed by atoms with van der Waals surface area (Å²) >= 11 is 1.10. The van der Waals surface area contributed by atoms with Gasteiger partial charge in [-0.2, -0.15) is 4.33 Å². The van der Waals surface area contributed by atoms with E-state index in [9.17, 15) is 9.46 Å². The number of quaternary nitrogens is 1. The van der Waals surface area contributed by atoms with Crippen molar-refractivity contribution in [3.05, 3.63) is 35.6 Å². The summed E-state index contributed by atoms with van der Waals surface area (Å²) in [6.45, 7) is 8.26. The fourth-order valence-corrected chi connectivity index (χ4v) is 5.11. The van der Waals surface area contributed by atoms with Crippen LogP contribution < -0.4 is 0 Å². The number of benzene rings is 1. The fraction of sp³-hybridized carbons (Fsp3) is 0.680. The van der Waals surface area contributed by atoms with Gasteiger partial charge in [0.1, 0.15) is 24.9 Å². The van der Waals surface area contributed by atoms with E-state index >= 15 is 0 Å². The Bertz CT molecular complexity index is 1010. The van der Waals surface area contributed by atoms with E-state index in [1.807, 2.05) is 73.1 Å². The van der Waals surface area contributed by atoms with Crippen molar-refractivity contribution in [2.75, 3.05) is 54.6 Å². The number of hydrogen-bond donors (Lipinski definition) is 1. The lowest BCUT2D eigenvalue weighted by Crippen LogP contribution is -2.39. The van der Waals surface area contributed by atoms with Gasteiger partial charge in [-0.15, -0.1) is 0 Å². The number of likely N-dealkylation sites (N-methyl/N-ethyl adjacent to an activating group) is 1. The van der Waals surface area contributed by atoms with E-state index in [0.29, 0.717) is 23.2 Å². The molecule has 2 unspecified atom stereocenters. The van der Waals surface area contributed by atoms with Crippen LogP contribution in [0.25, 0.3) is 5.57 Å². The first-order valence-corrected chi connectivity index (χ1v) is 14.8. The molecule has 1 aromatic rings. The van der Waals surface area contributed by atoms with Gasteiger partial charge in [0.05, 0.1) is 59.6 Å². The fourth-order valence-electron chi connectivity index (χ4n) is 3.98. The Kier molecular flexibility index (Phi) is 10.5. The molecule has 0 bridgehead atoms. The first kappa shape index (κ1) is 31.5. The van der Waals surface area contributed by atoms with Gasteiger partial charge in [0.25, 0.3) is 0 Å². The van der Waals surface area contributed by atoms with Gasteiger partial charge in [-0.05, 0) is 44.9 Å². The molecule has 2 aliphatic heterocycles. The Balaban J connectivity index is 1.81. The number of hydrogen-bond acceptors (Lipinski definition) is 10. The number of nitrogens with zero attached hydrogens (tertiary/aromatic N) is 1. The molecule has 0 aliphatic carbocycles. The van der Waals surface area contributed by atoms with Crippen molar-refractivity contribution in [2.45, 2.75) is 62.8 Å². The monoisotopic (exact) mass is 578 g/mol. The van der Waals surface area contributed by atoms with E-state index in [1.54, 1.807) is 0 Å². The first-order chi connectivity index (χ1) is 17.7. The van der Waals surface area contributed by atoms with Crippen LogP contribution in [0.5, 0.6) is 0 Å². The molecule has 0 amide bonds. The molecule has 1 fully saturated rings. The van der Waals surface area contributed by atoms with Crippen molar-refractivity contribution in [1.82, 2.24) is 0 Å². The van der Waals surface area contributed by atoms with E-state index in [4.69, 9.17) is 32.3 Å². The molecule has 0 radical (unpaired) electrons. The Morgan fingerprint density at radius 2 is 1.89 bits per heavy atom. The van der Waals surface area contributed by atoms with Crippen LogP contribution in [0.2, 0.25) is 0 Å². The van der Waals surface area contributed by atoms with Crippen molar-refractivity contribution in [3.8, 4) is 0 Å². The van der Waals surface area contributed by atoms with Gasteiger partial charge in [0.15, 0.2) is 5.76 Å². The van der Waals surface area contributed by atoms with Crippen molar-refractivity contribution in [1.29, 1.82) is 0 Å². The smallest absolute Gasteiger partial charge is 0.472 e. The predicted molar refractivity (Wildman–Crippen MR) is 141 cm³/mol. The van der Waals surface area contributed by atoms with E-state index in [1.165, 1.54) is 7.11 Å². The molecule has 13 heteroatoms. The van der Waals surface area contributed by atoms with E-state index in [-0.39, 0.29) is 25.9 Å². The van der Waals surface area contributed by atoms with Crippen LogP contribution in [0.1, 0.15) is 39.7 Å². The number of rotatable bonds is 14. The maximum absolute atomic E-state index is 12.4. The van der Waals surface area contributed by atoms with Crippen LogP contribution in [0.15, 0.2) is 34.9 Å². The third-order valence-corrected chi connectivity index (χ3v) is 7.64. The lowest BCUT2D eigenvalue weighted by Gasteiger charge is -2.30. The molecule has 2 heterocycles. The SMILES string of the molecule is CC[C@]1(C)OC2(OC[C@@H](COP(=O)(O)OCC[N+](C)(C)C)O2)C(OC(C)C)=C1c1ccc(SOOC)cc1. The quantitative estimate of drug-likeness (QED) is 0.111. The van der Waals surface area contributed by atoms with Gasteiger partial charge in [0, 0.05) is 10.5 Å². The second-order valence-corrected chi connectivity index (χ2v) is 12.8. The summed E-state index contributed by atoms with van der Waals surface area (Å²) in [5.41, 5.74) is 0.884. The number of phosphoric acid groups is 1. The number of phosphoric ester groups is 1. The minimum Gasteiger partial charge on any atom is -0.487 e. The summed E-state index contributed by atoms with van der Waals surface area (Å²) < 4.78 is 53.3. The zero-order valence-electron chi connectivity index (χ0n) is 23.4. The molecule has 38 heavy (non-hydrogen) atoms. The highest BCUT2D eigenvalue weighted by atomic mass is 32.2. The maximum Gasteiger partial charge on any atom is 0.472 e. The van der Waals surface area contributed by atoms with Gasteiger partial charge < -0.3 is 28.3 Å². The molecule has 4 atom stereocenters. The molecule has 1 aromatic carbocycles. The zero-order chi connectivity index (χ0) is 28.2. The average molecular weight is 579 g/mol.